The highest BCUT2D eigenvalue weighted by molar-refractivity contribution is 6.33. The molecule has 0 bridgehead atoms. The molecule has 0 fully saturated rings. The summed E-state index contributed by atoms with van der Waals surface area (Å²) in [6, 6.07) is 13.6. The Morgan fingerprint density at radius 2 is 1.95 bits per heavy atom. The predicted octanol–water partition coefficient (Wildman–Crippen LogP) is 4.24. The fourth-order valence-electron chi connectivity index (χ4n) is 2.71. The van der Waals surface area contributed by atoms with Gasteiger partial charge in [0.1, 0.15) is 0 Å². The van der Waals surface area contributed by atoms with Gasteiger partial charge in [-0.25, -0.2) is 0 Å². The number of aliphatic hydroxyl groups is 1. The van der Waals surface area contributed by atoms with Gasteiger partial charge in [0.2, 0.25) is 0 Å². The molecule has 0 spiro atoms. The highest BCUT2D eigenvalue weighted by Crippen LogP contribution is 2.38. The molecule has 3 heteroatoms. The van der Waals surface area contributed by atoms with Crippen LogP contribution in [0.25, 0.3) is 0 Å². The molecular weight excluding hydrogens is 279 g/mol. The van der Waals surface area contributed by atoms with Crippen LogP contribution in [0.5, 0.6) is 0 Å². The molecule has 1 nitrogen and oxygen atoms in total. The summed E-state index contributed by atoms with van der Waals surface area (Å²) in [6.07, 6.45) is 1.07. The molecule has 1 N–H and O–H groups in total. The van der Waals surface area contributed by atoms with Crippen LogP contribution in [0.1, 0.15) is 22.6 Å². The molecule has 2 aromatic carbocycles. The molecule has 3 rings (SSSR count). The summed E-state index contributed by atoms with van der Waals surface area (Å²) in [6.45, 7) is 0. The van der Waals surface area contributed by atoms with E-state index in [1.165, 1.54) is 11.1 Å². The van der Waals surface area contributed by atoms with Crippen LogP contribution in [0.4, 0.5) is 0 Å². The van der Waals surface area contributed by atoms with Crippen molar-refractivity contribution < 1.29 is 5.11 Å². The molecule has 98 valence electrons. The molecule has 19 heavy (non-hydrogen) atoms. The molecule has 2 atom stereocenters. The van der Waals surface area contributed by atoms with E-state index in [-0.39, 0.29) is 5.92 Å². The first kappa shape index (κ1) is 13.0. The SMILES string of the molecule is OC(Cc1cc(Cl)ccc1Cl)C1Cc2ccccc21. The first-order chi connectivity index (χ1) is 9.15. The van der Waals surface area contributed by atoms with Gasteiger partial charge in [-0.05, 0) is 41.3 Å². The lowest BCUT2D eigenvalue weighted by Gasteiger charge is -2.34. The molecule has 1 aliphatic rings. The van der Waals surface area contributed by atoms with Crippen molar-refractivity contribution in [2.24, 2.45) is 0 Å². The third kappa shape index (κ3) is 2.51. The van der Waals surface area contributed by atoms with Crippen molar-refractivity contribution in [2.45, 2.75) is 24.9 Å². The number of aliphatic hydroxyl groups excluding tert-OH is 1. The minimum Gasteiger partial charge on any atom is -0.392 e. The number of fused-ring (bicyclic) bond motifs is 1. The maximum atomic E-state index is 10.4. The Kier molecular flexibility index (Phi) is 3.53. The Hall–Kier alpha value is -1.02. The van der Waals surface area contributed by atoms with Gasteiger partial charge in [0.25, 0.3) is 0 Å². The zero-order valence-corrected chi connectivity index (χ0v) is 11.8. The van der Waals surface area contributed by atoms with E-state index in [0.29, 0.717) is 16.5 Å². The molecule has 2 unspecified atom stereocenters. The second-order valence-corrected chi connectivity index (χ2v) is 5.86. The van der Waals surface area contributed by atoms with E-state index in [2.05, 4.69) is 12.1 Å². The molecule has 0 aliphatic heterocycles. The Morgan fingerprint density at radius 1 is 1.16 bits per heavy atom. The zero-order chi connectivity index (χ0) is 13.4. The number of halogens is 2. The first-order valence-electron chi connectivity index (χ1n) is 6.35. The predicted molar refractivity (Wildman–Crippen MR) is 79.1 cm³/mol. The number of hydrogen-bond donors (Lipinski definition) is 1. The van der Waals surface area contributed by atoms with Crippen LogP contribution in [0, 0.1) is 0 Å². The van der Waals surface area contributed by atoms with Gasteiger partial charge in [-0.15, -0.1) is 0 Å². The van der Waals surface area contributed by atoms with Crippen molar-refractivity contribution in [3.63, 3.8) is 0 Å². The monoisotopic (exact) mass is 292 g/mol. The number of rotatable bonds is 3. The normalized spacial score (nSPS) is 18.6. The summed E-state index contributed by atoms with van der Waals surface area (Å²) >= 11 is 12.1. The van der Waals surface area contributed by atoms with E-state index >= 15 is 0 Å². The quantitative estimate of drug-likeness (QED) is 0.897. The summed E-state index contributed by atoms with van der Waals surface area (Å²) in [4.78, 5) is 0. The second-order valence-electron chi connectivity index (χ2n) is 5.02. The minimum atomic E-state index is -0.411. The van der Waals surface area contributed by atoms with Crippen LogP contribution in [0.2, 0.25) is 10.0 Å². The third-order valence-corrected chi connectivity index (χ3v) is 4.40. The van der Waals surface area contributed by atoms with Gasteiger partial charge in [-0.2, -0.15) is 0 Å². The molecule has 0 radical (unpaired) electrons. The Labute approximate surface area is 122 Å². The molecule has 0 aromatic heterocycles. The Balaban J connectivity index is 1.76. The molecule has 0 saturated carbocycles. The summed E-state index contributed by atoms with van der Waals surface area (Å²) in [5, 5.41) is 11.7. The molecule has 1 aliphatic carbocycles. The molecule has 0 amide bonds. The molecule has 0 heterocycles. The van der Waals surface area contributed by atoms with E-state index in [4.69, 9.17) is 23.2 Å². The lowest BCUT2D eigenvalue weighted by Crippen LogP contribution is -2.30. The molecule has 0 saturated heterocycles. The van der Waals surface area contributed by atoms with Crippen LogP contribution in [-0.2, 0) is 12.8 Å². The highest BCUT2D eigenvalue weighted by Gasteiger charge is 2.31. The first-order valence-corrected chi connectivity index (χ1v) is 7.10. The van der Waals surface area contributed by atoms with Gasteiger partial charge < -0.3 is 5.11 Å². The molecule has 2 aromatic rings. The van der Waals surface area contributed by atoms with Crippen LogP contribution < -0.4 is 0 Å². The van der Waals surface area contributed by atoms with Gasteiger partial charge in [-0.1, -0.05) is 47.5 Å². The maximum Gasteiger partial charge on any atom is 0.0652 e. The van der Waals surface area contributed by atoms with Crippen molar-refractivity contribution in [2.75, 3.05) is 0 Å². The molecular formula is C16H14Cl2O. The van der Waals surface area contributed by atoms with Gasteiger partial charge in [0.05, 0.1) is 6.10 Å². The van der Waals surface area contributed by atoms with Crippen molar-refractivity contribution >= 4 is 23.2 Å². The van der Waals surface area contributed by atoms with Crippen molar-refractivity contribution in [1.82, 2.24) is 0 Å². The van der Waals surface area contributed by atoms with Crippen molar-refractivity contribution in [1.29, 1.82) is 0 Å². The van der Waals surface area contributed by atoms with Crippen molar-refractivity contribution in [3.8, 4) is 0 Å². The van der Waals surface area contributed by atoms with Gasteiger partial charge in [-0.3, -0.25) is 0 Å². The summed E-state index contributed by atoms with van der Waals surface area (Å²) in [5.74, 6) is 0.214. The average molecular weight is 293 g/mol. The van der Waals surface area contributed by atoms with Crippen LogP contribution in [0.15, 0.2) is 42.5 Å². The highest BCUT2D eigenvalue weighted by atomic mass is 35.5. The van der Waals surface area contributed by atoms with E-state index in [1.54, 1.807) is 12.1 Å². The Morgan fingerprint density at radius 3 is 2.74 bits per heavy atom. The minimum absolute atomic E-state index is 0.214. The fourth-order valence-corrected chi connectivity index (χ4v) is 3.10. The lowest BCUT2D eigenvalue weighted by molar-refractivity contribution is 0.133. The van der Waals surface area contributed by atoms with Gasteiger partial charge in [0, 0.05) is 22.4 Å². The van der Waals surface area contributed by atoms with E-state index in [0.717, 1.165) is 12.0 Å². The standard InChI is InChI=1S/C16H14Cl2O/c17-12-5-6-15(18)11(7-12)9-16(19)14-8-10-3-1-2-4-13(10)14/h1-7,14,16,19H,8-9H2. The fraction of sp³-hybridized carbons (Fsp3) is 0.250. The number of hydrogen-bond acceptors (Lipinski definition) is 1. The zero-order valence-electron chi connectivity index (χ0n) is 10.3. The summed E-state index contributed by atoms with van der Waals surface area (Å²) in [7, 11) is 0. The number of benzene rings is 2. The Bertz CT molecular complexity index is 609. The van der Waals surface area contributed by atoms with E-state index < -0.39 is 6.10 Å². The van der Waals surface area contributed by atoms with Crippen molar-refractivity contribution in [3.05, 3.63) is 69.2 Å². The third-order valence-electron chi connectivity index (χ3n) is 3.80. The maximum absolute atomic E-state index is 10.4. The van der Waals surface area contributed by atoms with E-state index in [1.807, 2.05) is 18.2 Å². The smallest absolute Gasteiger partial charge is 0.0652 e. The summed E-state index contributed by atoms with van der Waals surface area (Å²) in [5.41, 5.74) is 3.50. The topological polar surface area (TPSA) is 20.2 Å². The van der Waals surface area contributed by atoms with Crippen LogP contribution >= 0.6 is 23.2 Å². The largest absolute Gasteiger partial charge is 0.392 e. The van der Waals surface area contributed by atoms with E-state index in [9.17, 15) is 5.11 Å². The van der Waals surface area contributed by atoms with Crippen LogP contribution in [-0.4, -0.2) is 11.2 Å². The van der Waals surface area contributed by atoms with Crippen LogP contribution in [0.3, 0.4) is 0 Å². The van der Waals surface area contributed by atoms with Gasteiger partial charge in [0.15, 0.2) is 0 Å². The van der Waals surface area contributed by atoms with Gasteiger partial charge >= 0.3 is 0 Å². The second kappa shape index (κ2) is 5.16. The average Bonchev–Trinajstić information content (AvgIpc) is 2.35. The summed E-state index contributed by atoms with van der Waals surface area (Å²) < 4.78 is 0. The lowest BCUT2D eigenvalue weighted by atomic mass is 9.73.